The average Bonchev–Trinajstić information content (AvgIpc) is 2.47. The first-order valence-corrected chi connectivity index (χ1v) is 6.74. The van der Waals surface area contributed by atoms with Crippen LogP contribution >= 0.6 is 0 Å². The molecule has 19 heavy (non-hydrogen) atoms. The molecule has 0 spiro atoms. The molecular weight excluding hydrogens is 242 g/mol. The van der Waals surface area contributed by atoms with Crippen molar-refractivity contribution in [2.24, 2.45) is 5.92 Å². The highest BCUT2D eigenvalue weighted by Crippen LogP contribution is 2.13. The van der Waals surface area contributed by atoms with Crippen molar-refractivity contribution in [1.29, 1.82) is 0 Å². The van der Waals surface area contributed by atoms with Crippen LogP contribution in [0.3, 0.4) is 0 Å². The van der Waals surface area contributed by atoms with Gasteiger partial charge in [0.2, 0.25) is 11.8 Å². The summed E-state index contributed by atoms with van der Waals surface area (Å²) in [5.41, 5.74) is 0.982. The number of ether oxygens (including phenoxy) is 1. The number of hydrogen-bond acceptors (Lipinski definition) is 4. The number of nitrogens with one attached hydrogen (secondary N) is 2. The Kier molecular flexibility index (Phi) is 5.15. The summed E-state index contributed by atoms with van der Waals surface area (Å²) in [5, 5.41) is 6.26. The largest absolute Gasteiger partial charge is 0.481 e. The molecular formula is C14H21N3O2. The number of aromatic nitrogens is 1. The maximum absolute atomic E-state index is 11.8. The van der Waals surface area contributed by atoms with Crippen LogP contribution in [0.4, 0.5) is 0 Å². The van der Waals surface area contributed by atoms with Crippen molar-refractivity contribution < 1.29 is 9.53 Å². The van der Waals surface area contributed by atoms with Crippen LogP contribution in [-0.2, 0) is 11.3 Å². The van der Waals surface area contributed by atoms with Crippen molar-refractivity contribution in [2.75, 3.05) is 20.2 Å². The first-order chi connectivity index (χ1) is 9.28. The minimum Gasteiger partial charge on any atom is -0.481 e. The lowest BCUT2D eigenvalue weighted by Crippen LogP contribution is -2.34. The number of nitrogens with zero attached hydrogens (tertiary/aromatic N) is 1. The van der Waals surface area contributed by atoms with E-state index in [2.05, 4.69) is 15.6 Å². The van der Waals surface area contributed by atoms with Gasteiger partial charge in [0.25, 0.3) is 0 Å². The van der Waals surface area contributed by atoms with Gasteiger partial charge in [-0.3, -0.25) is 4.79 Å². The number of rotatable bonds is 5. The summed E-state index contributed by atoms with van der Waals surface area (Å²) in [5.74, 6) is 1.18. The number of methoxy groups -OCH3 is 1. The van der Waals surface area contributed by atoms with E-state index in [0.29, 0.717) is 24.8 Å². The summed E-state index contributed by atoms with van der Waals surface area (Å²) in [6.07, 6.45) is 4.64. The molecule has 1 aromatic heterocycles. The normalized spacial score (nSPS) is 18.9. The molecule has 2 N–H and O–H groups in total. The Morgan fingerprint density at radius 3 is 3.11 bits per heavy atom. The third kappa shape index (κ3) is 4.52. The highest BCUT2D eigenvalue weighted by atomic mass is 16.5. The molecule has 1 aliphatic heterocycles. The Hall–Kier alpha value is -1.62. The predicted octanol–water partition coefficient (Wildman–Crippen LogP) is 1.10. The number of hydrogen-bond donors (Lipinski definition) is 2. The number of carbonyl (C=O) groups excluding carboxylic acids is 1. The molecule has 1 aliphatic rings. The molecule has 5 heteroatoms. The first kappa shape index (κ1) is 13.8. The second-order valence-electron chi connectivity index (χ2n) is 4.90. The summed E-state index contributed by atoms with van der Waals surface area (Å²) in [4.78, 5) is 15.9. The topological polar surface area (TPSA) is 63.2 Å². The Morgan fingerprint density at radius 1 is 1.58 bits per heavy atom. The highest BCUT2D eigenvalue weighted by Gasteiger charge is 2.16. The summed E-state index contributed by atoms with van der Waals surface area (Å²) in [7, 11) is 1.59. The van der Waals surface area contributed by atoms with Gasteiger partial charge in [-0.05, 0) is 37.4 Å². The molecule has 0 aliphatic carbocycles. The first-order valence-electron chi connectivity index (χ1n) is 6.74. The van der Waals surface area contributed by atoms with Gasteiger partial charge in [0, 0.05) is 25.2 Å². The Labute approximate surface area is 113 Å². The van der Waals surface area contributed by atoms with Crippen LogP contribution in [0.15, 0.2) is 18.3 Å². The fourth-order valence-electron chi connectivity index (χ4n) is 2.27. The SMILES string of the molecule is COc1ccc(CNC(=O)CC2CCCNC2)cn1. The number of piperidine rings is 1. The Balaban J connectivity index is 1.72. The van der Waals surface area contributed by atoms with Crippen molar-refractivity contribution >= 4 is 5.91 Å². The van der Waals surface area contributed by atoms with Crippen LogP contribution in [0.2, 0.25) is 0 Å². The van der Waals surface area contributed by atoms with E-state index < -0.39 is 0 Å². The molecule has 1 aromatic rings. The Bertz CT molecular complexity index is 400. The lowest BCUT2D eigenvalue weighted by Gasteiger charge is -2.22. The molecule has 2 rings (SSSR count). The van der Waals surface area contributed by atoms with Crippen molar-refractivity contribution in [2.45, 2.75) is 25.8 Å². The zero-order chi connectivity index (χ0) is 13.5. The molecule has 0 bridgehead atoms. The fraction of sp³-hybridized carbons (Fsp3) is 0.571. The molecule has 1 amide bonds. The molecule has 1 fully saturated rings. The van der Waals surface area contributed by atoms with Gasteiger partial charge >= 0.3 is 0 Å². The van der Waals surface area contributed by atoms with E-state index in [1.807, 2.05) is 6.07 Å². The van der Waals surface area contributed by atoms with Crippen LogP contribution in [-0.4, -0.2) is 31.1 Å². The van der Waals surface area contributed by atoms with Gasteiger partial charge in [0.15, 0.2) is 0 Å². The van der Waals surface area contributed by atoms with Gasteiger partial charge in [-0.15, -0.1) is 0 Å². The zero-order valence-electron chi connectivity index (χ0n) is 11.3. The number of pyridine rings is 1. The minimum absolute atomic E-state index is 0.115. The van der Waals surface area contributed by atoms with Crippen molar-refractivity contribution in [3.05, 3.63) is 23.9 Å². The zero-order valence-corrected chi connectivity index (χ0v) is 11.3. The second kappa shape index (κ2) is 7.09. The van der Waals surface area contributed by atoms with Gasteiger partial charge in [0.05, 0.1) is 7.11 Å². The summed E-state index contributed by atoms with van der Waals surface area (Å²) < 4.78 is 4.99. The van der Waals surface area contributed by atoms with Gasteiger partial charge in [0.1, 0.15) is 0 Å². The molecule has 0 radical (unpaired) electrons. The van der Waals surface area contributed by atoms with E-state index in [1.54, 1.807) is 19.4 Å². The van der Waals surface area contributed by atoms with Crippen LogP contribution in [0.25, 0.3) is 0 Å². The van der Waals surface area contributed by atoms with Crippen molar-refractivity contribution in [3.8, 4) is 5.88 Å². The predicted molar refractivity (Wildman–Crippen MR) is 72.8 cm³/mol. The summed E-state index contributed by atoms with van der Waals surface area (Å²) in [6.45, 7) is 2.56. The van der Waals surface area contributed by atoms with Gasteiger partial charge in [-0.2, -0.15) is 0 Å². The van der Waals surface area contributed by atoms with Gasteiger partial charge in [-0.25, -0.2) is 4.98 Å². The van der Waals surface area contributed by atoms with E-state index in [9.17, 15) is 4.79 Å². The molecule has 2 heterocycles. The summed E-state index contributed by atoms with van der Waals surface area (Å²) >= 11 is 0. The van der Waals surface area contributed by atoms with Crippen LogP contribution in [0.5, 0.6) is 5.88 Å². The average molecular weight is 263 g/mol. The standard InChI is InChI=1S/C14H21N3O2/c1-19-14-5-4-12(10-17-14)9-16-13(18)7-11-3-2-6-15-8-11/h4-5,10-11,15H,2-3,6-9H2,1H3,(H,16,18). The van der Waals surface area contributed by atoms with Gasteiger partial charge in [-0.1, -0.05) is 6.07 Å². The smallest absolute Gasteiger partial charge is 0.220 e. The quantitative estimate of drug-likeness (QED) is 0.835. The highest BCUT2D eigenvalue weighted by molar-refractivity contribution is 5.76. The number of carbonyl (C=O) groups is 1. The molecule has 1 saturated heterocycles. The van der Waals surface area contributed by atoms with Gasteiger partial charge < -0.3 is 15.4 Å². The van der Waals surface area contributed by atoms with E-state index in [1.165, 1.54) is 6.42 Å². The van der Waals surface area contributed by atoms with Crippen molar-refractivity contribution in [1.82, 2.24) is 15.6 Å². The second-order valence-corrected chi connectivity index (χ2v) is 4.90. The van der Waals surface area contributed by atoms with Crippen LogP contribution < -0.4 is 15.4 Å². The van der Waals surface area contributed by atoms with E-state index in [0.717, 1.165) is 25.1 Å². The lowest BCUT2D eigenvalue weighted by molar-refractivity contribution is -0.122. The maximum Gasteiger partial charge on any atom is 0.220 e. The molecule has 5 nitrogen and oxygen atoms in total. The molecule has 1 unspecified atom stereocenters. The van der Waals surface area contributed by atoms with E-state index >= 15 is 0 Å². The third-order valence-corrected chi connectivity index (χ3v) is 3.37. The van der Waals surface area contributed by atoms with Crippen molar-refractivity contribution in [3.63, 3.8) is 0 Å². The van der Waals surface area contributed by atoms with Crippen LogP contribution in [0.1, 0.15) is 24.8 Å². The fourth-order valence-corrected chi connectivity index (χ4v) is 2.27. The van der Waals surface area contributed by atoms with E-state index in [4.69, 9.17) is 4.74 Å². The third-order valence-electron chi connectivity index (χ3n) is 3.37. The molecule has 104 valence electrons. The minimum atomic E-state index is 0.115. The van der Waals surface area contributed by atoms with Crippen LogP contribution in [0, 0.1) is 5.92 Å². The molecule has 0 aromatic carbocycles. The van der Waals surface area contributed by atoms with E-state index in [-0.39, 0.29) is 5.91 Å². The monoisotopic (exact) mass is 263 g/mol. The summed E-state index contributed by atoms with van der Waals surface area (Å²) in [6, 6.07) is 3.71. The number of amides is 1. The Morgan fingerprint density at radius 2 is 2.47 bits per heavy atom. The molecule has 0 saturated carbocycles. The lowest BCUT2D eigenvalue weighted by atomic mass is 9.96. The molecule has 1 atom stereocenters. The maximum atomic E-state index is 11.8.